The number of carbonyl (C=O) groups excluding carboxylic acids is 1. The van der Waals surface area contributed by atoms with Crippen molar-refractivity contribution in [3.8, 4) is 6.07 Å². The molecule has 0 saturated heterocycles. The third kappa shape index (κ3) is 3.16. The van der Waals surface area contributed by atoms with Crippen LogP contribution < -0.4 is 10.2 Å². The average Bonchev–Trinajstić information content (AvgIpc) is 2.63. The molecule has 1 aliphatic rings. The molecule has 0 spiro atoms. The lowest BCUT2D eigenvalue weighted by Gasteiger charge is -2.29. The summed E-state index contributed by atoms with van der Waals surface area (Å²) in [7, 11) is 0. The Morgan fingerprint density at radius 1 is 1.21 bits per heavy atom. The van der Waals surface area contributed by atoms with Crippen LogP contribution in [0.4, 0.5) is 11.4 Å². The summed E-state index contributed by atoms with van der Waals surface area (Å²) in [5, 5.41) is 12.5. The van der Waals surface area contributed by atoms with Crippen LogP contribution in [0.2, 0.25) is 0 Å². The summed E-state index contributed by atoms with van der Waals surface area (Å²) in [4.78, 5) is 14.5. The van der Waals surface area contributed by atoms with E-state index in [0.717, 1.165) is 35.3 Å². The summed E-state index contributed by atoms with van der Waals surface area (Å²) < 4.78 is 0. The van der Waals surface area contributed by atoms with Crippen LogP contribution >= 0.6 is 0 Å². The van der Waals surface area contributed by atoms with Crippen LogP contribution in [0.15, 0.2) is 60.3 Å². The fraction of sp³-hybridized carbons (Fsp3) is 0.200. The van der Waals surface area contributed by atoms with Crippen molar-refractivity contribution >= 4 is 17.3 Å². The summed E-state index contributed by atoms with van der Waals surface area (Å²) in [6.07, 6.45) is 3.38. The standard InChI is InChI=1S/C20H19N3O/c1-15-7-2-4-10-18(15)22-14-17(13-21)20(24)23-12-6-9-16-8-3-5-11-19(16)23/h2-5,7-8,10-11,14,22H,6,9,12H2,1H3/b17-14-. The second kappa shape index (κ2) is 7.01. The summed E-state index contributed by atoms with van der Waals surface area (Å²) in [5.74, 6) is -0.259. The van der Waals surface area contributed by atoms with Gasteiger partial charge in [0.2, 0.25) is 0 Å². The molecule has 1 heterocycles. The van der Waals surface area contributed by atoms with Crippen molar-refractivity contribution in [2.45, 2.75) is 19.8 Å². The molecule has 4 heteroatoms. The number of para-hydroxylation sites is 2. The molecule has 3 rings (SSSR count). The SMILES string of the molecule is Cc1ccccc1N/C=C(/C#N)C(=O)N1CCCc2ccccc21. The number of fused-ring (bicyclic) bond motifs is 1. The van der Waals surface area contributed by atoms with E-state index in [0.29, 0.717) is 6.54 Å². The van der Waals surface area contributed by atoms with E-state index in [-0.39, 0.29) is 11.5 Å². The summed E-state index contributed by atoms with van der Waals surface area (Å²) >= 11 is 0. The fourth-order valence-electron chi connectivity index (χ4n) is 2.92. The van der Waals surface area contributed by atoms with Crippen molar-refractivity contribution < 1.29 is 4.79 Å². The van der Waals surface area contributed by atoms with Gasteiger partial charge in [-0.3, -0.25) is 4.79 Å². The molecule has 4 nitrogen and oxygen atoms in total. The minimum absolute atomic E-state index is 0.106. The van der Waals surface area contributed by atoms with Gasteiger partial charge in [0.25, 0.3) is 5.91 Å². The molecular formula is C20H19N3O. The van der Waals surface area contributed by atoms with Crippen LogP contribution in [0, 0.1) is 18.3 Å². The van der Waals surface area contributed by atoms with E-state index in [1.807, 2.05) is 61.5 Å². The average molecular weight is 317 g/mol. The van der Waals surface area contributed by atoms with Crippen LogP contribution in [0.5, 0.6) is 0 Å². The number of aryl methyl sites for hydroxylation is 2. The molecule has 0 atom stereocenters. The number of anilines is 2. The second-order valence-corrected chi connectivity index (χ2v) is 5.82. The molecule has 2 aromatic carbocycles. The first-order valence-electron chi connectivity index (χ1n) is 8.03. The lowest BCUT2D eigenvalue weighted by Crippen LogP contribution is -2.36. The Labute approximate surface area is 142 Å². The molecule has 1 amide bonds. The van der Waals surface area contributed by atoms with Gasteiger partial charge in [0.05, 0.1) is 0 Å². The molecule has 120 valence electrons. The van der Waals surface area contributed by atoms with Crippen molar-refractivity contribution in [3.05, 3.63) is 71.4 Å². The molecule has 0 aromatic heterocycles. The number of carbonyl (C=O) groups is 1. The summed E-state index contributed by atoms with van der Waals surface area (Å²) in [6, 6.07) is 17.7. The lowest BCUT2D eigenvalue weighted by atomic mass is 10.0. The van der Waals surface area contributed by atoms with Gasteiger partial charge in [-0.25, -0.2) is 0 Å². The minimum atomic E-state index is -0.259. The van der Waals surface area contributed by atoms with E-state index in [9.17, 15) is 10.1 Å². The quantitative estimate of drug-likeness (QED) is 0.692. The smallest absolute Gasteiger partial charge is 0.270 e. The Kier molecular flexibility index (Phi) is 4.62. The first-order chi connectivity index (χ1) is 11.7. The summed E-state index contributed by atoms with van der Waals surface area (Å²) in [5.41, 5.74) is 4.11. The van der Waals surface area contributed by atoms with Gasteiger partial charge in [0.1, 0.15) is 11.6 Å². The lowest BCUT2D eigenvalue weighted by molar-refractivity contribution is -0.114. The van der Waals surface area contributed by atoms with E-state index in [1.165, 1.54) is 6.20 Å². The first-order valence-corrected chi connectivity index (χ1v) is 8.03. The molecular weight excluding hydrogens is 298 g/mol. The normalized spacial score (nSPS) is 13.8. The zero-order chi connectivity index (χ0) is 16.9. The number of rotatable bonds is 3. The molecule has 0 radical (unpaired) electrons. The number of amides is 1. The van der Waals surface area contributed by atoms with Gasteiger partial charge in [-0.05, 0) is 43.0 Å². The third-order valence-electron chi connectivity index (χ3n) is 4.22. The molecule has 0 aliphatic carbocycles. The van der Waals surface area contributed by atoms with E-state index in [2.05, 4.69) is 5.32 Å². The van der Waals surface area contributed by atoms with Gasteiger partial charge in [-0.2, -0.15) is 5.26 Å². The van der Waals surface area contributed by atoms with Crippen LogP contribution in [0.3, 0.4) is 0 Å². The highest BCUT2D eigenvalue weighted by Gasteiger charge is 2.24. The number of benzene rings is 2. The van der Waals surface area contributed by atoms with Gasteiger partial charge >= 0.3 is 0 Å². The predicted octanol–water partition coefficient (Wildman–Crippen LogP) is 3.79. The van der Waals surface area contributed by atoms with Crippen LogP contribution in [-0.4, -0.2) is 12.5 Å². The predicted molar refractivity (Wildman–Crippen MR) is 95.6 cm³/mol. The van der Waals surface area contributed by atoms with Crippen LogP contribution in [-0.2, 0) is 11.2 Å². The van der Waals surface area contributed by atoms with Gasteiger partial charge in [0.15, 0.2) is 0 Å². The van der Waals surface area contributed by atoms with Crippen molar-refractivity contribution in [2.75, 3.05) is 16.8 Å². The molecule has 0 unspecified atom stereocenters. The van der Waals surface area contributed by atoms with Crippen LogP contribution in [0.1, 0.15) is 17.5 Å². The van der Waals surface area contributed by atoms with Gasteiger partial charge in [-0.15, -0.1) is 0 Å². The first kappa shape index (κ1) is 15.8. The zero-order valence-corrected chi connectivity index (χ0v) is 13.6. The maximum absolute atomic E-state index is 12.8. The van der Waals surface area contributed by atoms with Crippen LogP contribution in [0.25, 0.3) is 0 Å². The third-order valence-corrected chi connectivity index (χ3v) is 4.22. The number of nitriles is 1. The van der Waals surface area contributed by atoms with E-state index in [1.54, 1.807) is 4.90 Å². The number of hydrogen-bond donors (Lipinski definition) is 1. The molecule has 0 bridgehead atoms. The number of nitrogens with zero attached hydrogens (tertiary/aromatic N) is 2. The van der Waals surface area contributed by atoms with Crippen molar-refractivity contribution in [1.29, 1.82) is 5.26 Å². The summed E-state index contributed by atoms with van der Waals surface area (Å²) in [6.45, 7) is 2.62. The highest BCUT2D eigenvalue weighted by Crippen LogP contribution is 2.27. The van der Waals surface area contributed by atoms with Gasteiger partial charge < -0.3 is 10.2 Å². The number of nitrogens with one attached hydrogen (secondary N) is 1. The Hall–Kier alpha value is -3.06. The molecule has 0 fully saturated rings. The maximum atomic E-state index is 12.8. The fourth-order valence-corrected chi connectivity index (χ4v) is 2.92. The monoisotopic (exact) mass is 317 g/mol. The highest BCUT2D eigenvalue weighted by molar-refractivity contribution is 6.09. The van der Waals surface area contributed by atoms with E-state index in [4.69, 9.17) is 0 Å². The zero-order valence-electron chi connectivity index (χ0n) is 13.6. The number of hydrogen-bond acceptors (Lipinski definition) is 3. The largest absolute Gasteiger partial charge is 0.360 e. The molecule has 24 heavy (non-hydrogen) atoms. The molecule has 1 aliphatic heterocycles. The molecule has 0 saturated carbocycles. The second-order valence-electron chi connectivity index (χ2n) is 5.82. The molecule has 1 N–H and O–H groups in total. The maximum Gasteiger partial charge on any atom is 0.270 e. The Morgan fingerprint density at radius 2 is 1.96 bits per heavy atom. The Morgan fingerprint density at radius 3 is 2.75 bits per heavy atom. The minimum Gasteiger partial charge on any atom is -0.360 e. The van der Waals surface area contributed by atoms with Gasteiger partial charge in [0, 0.05) is 24.1 Å². The van der Waals surface area contributed by atoms with Crippen molar-refractivity contribution in [1.82, 2.24) is 0 Å². The molecule has 2 aromatic rings. The van der Waals surface area contributed by atoms with Gasteiger partial charge in [-0.1, -0.05) is 36.4 Å². The Bertz CT molecular complexity index is 833. The van der Waals surface area contributed by atoms with Crippen molar-refractivity contribution in [2.24, 2.45) is 0 Å². The Balaban J connectivity index is 1.84. The highest BCUT2D eigenvalue weighted by atomic mass is 16.2. The van der Waals surface area contributed by atoms with E-state index < -0.39 is 0 Å². The van der Waals surface area contributed by atoms with Crippen molar-refractivity contribution in [3.63, 3.8) is 0 Å². The topological polar surface area (TPSA) is 56.1 Å². The van der Waals surface area contributed by atoms with E-state index >= 15 is 0 Å².